The van der Waals surface area contributed by atoms with E-state index in [0.29, 0.717) is 11.4 Å². The number of carbonyl (C=O) groups is 1. The van der Waals surface area contributed by atoms with Gasteiger partial charge in [0.1, 0.15) is 5.75 Å². The number of amides is 1. The number of aromatic nitrogens is 2. The standard InChI is InChI=1S/C18H15N3O2/c1-12-6-8-16(17(22)10-12)21-18(23)9-7-13-11-19-14-4-2-3-5-15(14)20-13/h2-11,22H,1H3,(H,21,23). The van der Waals surface area contributed by atoms with E-state index in [0.717, 1.165) is 16.6 Å². The van der Waals surface area contributed by atoms with Crippen LogP contribution in [0.25, 0.3) is 17.1 Å². The van der Waals surface area contributed by atoms with E-state index in [2.05, 4.69) is 15.3 Å². The van der Waals surface area contributed by atoms with Crippen LogP contribution in [0.1, 0.15) is 11.3 Å². The molecular weight excluding hydrogens is 290 g/mol. The second kappa shape index (κ2) is 6.27. The van der Waals surface area contributed by atoms with Gasteiger partial charge in [-0.3, -0.25) is 9.78 Å². The molecule has 2 aromatic carbocycles. The summed E-state index contributed by atoms with van der Waals surface area (Å²) in [7, 11) is 0. The molecule has 23 heavy (non-hydrogen) atoms. The van der Waals surface area contributed by atoms with Crippen molar-refractivity contribution in [2.45, 2.75) is 6.92 Å². The zero-order valence-corrected chi connectivity index (χ0v) is 12.5. The lowest BCUT2D eigenvalue weighted by atomic mass is 10.2. The molecule has 2 N–H and O–H groups in total. The van der Waals surface area contributed by atoms with Crippen LogP contribution in [0.2, 0.25) is 0 Å². The number of para-hydroxylation sites is 2. The van der Waals surface area contributed by atoms with Gasteiger partial charge in [0.15, 0.2) is 0 Å². The number of nitrogens with zero attached hydrogens (tertiary/aromatic N) is 2. The number of hydrogen-bond donors (Lipinski definition) is 2. The second-order valence-corrected chi connectivity index (χ2v) is 5.13. The largest absolute Gasteiger partial charge is 0.506 e. The summed E-state index contributed by atoms with van der Waals surface area (Å²) in [5, 5.41) is 12.4. The predicted octanol–water partition coefficient (Wildman–Crippen LogP) is 3.30. The van der Waals surface area contributed by atoms with Crippen molar-refractivity contribution in [1.82, 2.24) is 9.97 Å². The van der Waals surface area contributed by atoms with E-state index in [9.17, 15) is 9.90 Å². The highest BCUT2D eigenvalue weighted by Gasteiger charge is 2.04. The molecular formula is C18H15N3O2. The molecule has 1 amide bonds. The number of phenolic OH excluding ortho intramolecular Hbond substituents is 1. The normalized spacial score (nSPS) is 11.0. The van der Waals surface area contributed by atoms with Crippen LogP contribution in [0.15, 0.2) is 54.7 Å². The van der Waals surface area contributed by atoms with Gasteiger partial charge in [0.25, 0.3) is 0 Å². The van der Waals surface area contributed by atoms with Gasteiger partial charge in [-0.15, -0.1) is 0 Å². The van der Waals surface area contributed by atoms with Crippen LogP contribution in [-0.4, -0.2) is 21.0 Å². The summed E-state index contributed by atoms with van der Waals surface area (Å²) in [6.07, 6.45) is 4.55. The molecule has 0 aliphatic heterocycles. The monoisotopic (exact) mass is 305 g/mol. The van der Waals surface area contributed by atoms with E-state index in [1.165, 1.54) is 6.08 Å². The van der Waals surface area contributed by atoms with Gasteiger partial charge in [0.05, 0.1) is 28.6 Å². The first-order valence-corrected chi connectivity index (χ1v) is 7.12. The fraction of sp³-hybridized carbons (Fsp3) is 0.0556. The maximum atomic E-state index is 11.9. The Kier molecular flexibility index (Phi) is 4.01. The first kappa shape index (κ1) is 14.7. The van der Waals surface area contributed by atoms with Crippen molar-refractivity contribution < 1.29 is 9.90 Å². The highest BCUT2D eigenvalue weighted by atomic mass is 16.3. The summed E-state index contributed by atoms with van der Waals surface area (Å²) in [5.41, 5.74) is 3.45. The smallest absolute Gasteiger partial charge is 0.248 e. The van der Waals surface area contributed by atoms with Crippen LogP contribution in [0.4, 0.5) is 5.69 Å². The first-order valence-electron chi connectivity index (χ1n) is 7.12. The Morgan fingerprint density at radius 3 is 2.74 bits per heavy atom. The lowest BCUT2D eigenvalue weighted by Gasteiger charge is -2.05. The van der Waals surface area contributed by atoms with Crippen LogP contribution in [0.3, 0.4) is 0 Å². The molecule has 1 aromatic heterocycles. The minimum atomic E-state index is -0.348. The van der Waals surface area contributed by atoms with Gasteiger partial charge >= 0.3 is 0 Å². The van der Waals surface area contributed by atoms with Crippen LogP contribution in [0, 0.1) is 6.92 Å². The fourth-order valence-electron chi connectivity index (χ4n) is 2.13. The molecule has 0 radical (unpaired) electrons. The molecule has 0 bridgehead atoms. The Hall–Kier alpha value is -3.21. The van der Waals surface area contributed by atoms with Crippen LogP contribution < -0.4 is 5.32 Å². The number of fused-ring (bicyclic) bond motifs is 1. The summed E-state index contributed by atoms with van der Waals surface area (Å²) >= 11 is 0. The van der Waals surface area contributed by atoms with Crippen molar-refractivity contribution >= 4 is 28.7 Å². The van der Waals surface area contributed by atoms with Gasteiger partial charge in [0.2, 0.25) is 5.91 Å². The van der Waals surface area contributed by atoms with E-state index >= 15 is 0 Å². The minimum Gasteiger partial charge on any atom is -0.506 e. The highest BCUT2D eigenvalue weighted by molar-refractivity contribution is 6.02. The van der Waals surface area contributed by atoms with Crippen molar-refractivity contribution in [3.05, 3.63) is 66.0 Å². The lowest BCUT2D eigenvalue weighted by Crippen LogP contribution is -2.08. The zero-order chi connectivity index (χ0) is 16.2. The number of benzene rings is 2. The average molecular weight is 305 g/mol. The quantitative estimate of drug-likeness (QED) is 0.575. The molecule has 5 nitrogen and oxygen atoms in total. The SMILES string of the molecule is Cc1ccc(NC(=O)C=Cc2cnc3ccccc3n2)c(O)c1. The molecule has 5 heteroatoms. The van der Waals surface area contributed by atoms with Crippen molar-refractivity contribution in [3.8, 4) is 5.75 Å². The number of phenols is 1. The number of carbonyl (C=O) groups excluding carboxylic acids is 1. The molecule has 0 fully saturated rings. The van der Waals surface area contributed by atoms with E-state index in [-0.39, 0.29) is 11.7 Å². The zero-order valence-electron chi connectivity index (χ0n) is 12.5. The number of rotatable bonds is 3. The molecule has 0 aliphatic rings. The van der Waals surface area contributed by atoms with Gasteiger partial charge in [-0.2, -0.15) is 0 Å². The molecule has 1 heterocycles. The minimum absolute atomic E-state index is 0.0391. The summed E-state index contributed by atoms with van der Waals surface area (Å²) < 4.78 is 0. The molecule has 0 saturated carbocycles. The third-order valence-corrected chi connectivity index (χ3v) is 3.28. The summed E-state index contributed by atoms with van der Waals surface area (Å²) in [6.45, 7) is 1.86. The van der Waals surface area contributed by atoms with Gasteiger partial charge < -0.3 is 10.4 Å². The van der Waals surface area contributed by atoms with Gasteiger partial charge in [-0.25, -0.2) is 4.98 Å². The maximum Gasteiger partial charge on any atom is 0.248 e. The average Bonchev–Trinajstić information content (AvgIpc) is 2.55. The Balaban J connectivity index is 1.74. The van der Waals surface area contributed by atoms with Crippen LogP contribution >= 0.6 is 0 Å². The molecule has 0 spiro atoms. The topological polar surface area (TPSA) is 75.1 Å². The van der Waals surface area contributed by atoms with Crippen LogP contribution in [0.5, 0.6) is 5.75 Å². The van der Waals surface area contributed by atoms with E-state index in [4.69, 9.17) is 0 Å². The van der Waals surface area contributed by atoms with Gasteiger partial charge in [-0.1, -0.05) is 18.2 Å². The molecule has 0 aliphatic carbocycles. The molecule has 0 atom stereocenters. The number of aryl methyl sites for hydroxylation is 1. The molecule has 3 aromatic rings. The van der Waals surface area contributed by atoms with E-state index in [1.807, 2.05) is 37.3 Å². The lowest BCUT2D eigenvalue weighted by molar-refractivity contribution is -0.111. The summed E-state index contributed by atoms with van der Waals surface area (Å²) in [5.74, 6) is -0.309. The van der Waals surface area contributed by atoms with Crippen molar-refractivity contribution in [2.75, 3.05) is 5.32 Å². The summed E-state index contributed by atoms with van der Waals surface area (Å²) in [6, 6.07) is 12.6. The maximum absolute atomic E-state index is 11.9. The van der Waals surface area contributed by atoms with Crippen molar-refractivity contribution in [2.24, 2.45) is 0 Å². The Morgan fingerprint density at radius 1 is 1.17 bits per heavy atom. The molecule has 0 unspecified atom stereocenters. The predicted molar refractivity (Wildman–Crippen MR) is 90.0 cm³/mol. The van der Waals surface area contributed by atoms with Crippen molar-refractivity contribution in [1.29, 1.82) is 0 Å². The third-order valence-electron chi connectivity index (χ3n) is 3.28. The van der Waals surface area contributed by atoms with Crippen LogP contribution in [-0.2, 0) is 4.79 Å². The summed E-state index contributed by atoms with van der Waals surface area (Å²) in [4.78, 5) is 20.6. The highest BCUT2D eigenvalue weighted by Crippen LogP contribution is 2.23. The van der Waals surface area contributed by atoms with Gasteiger partial charge in [-0.05, 0) is 42.8 Å². The van der Waals surface area contributed by atoms with E-state index in [1.54, 1.807) is 24.4 Å². The molecule has 0 saturated heterocycles. The Labute approximate surface area is 133 Å². The third kappa shape index (κ3) is 3.52. The second-order valence-electron chi connectivity index (χ2n) is 5.13. The molecule has 3 rings (SSSR count). The van der Waals surface area contributed by atoms with Crippen molar-refractivity contribution in [3.63, 3.8) is 0 Å². The van der Waals surface area contributed by atoms with Gasteiger partial charge in [0, 0.05) is 6.08 Å². The number of aromatic hydroxyl groups is 1. The molecule has 114 valence electrons. The number of hydrogen-bond acceptors (Lipinski definition) is 4. The Bertz CT molecular complexity index is 904. The first-order chi connectivity index (χ1) is 11.1. The Morgan fingerprint density at radius 2 is 1.96 bits per heavy atom. The fourth-order valence-corrected chi connectivity index (χ4v) is 2.13. The number of anilines is 1. The number of nitrogens with one attached hydrogen (secondary N) is 1. The van der Waals surface area contributed by atoms with E-state index < -0.39 is 0 Å².